The first-order valence-electron chi connectivity index (χ1n) is 4.95. The van der Waals surface area contributed by atoms with Crippen LogP contribution in [0.25, 0.3) is 0 Å². The Labute approximate surface area is 86.9 Å². The fourth-order valence-corrected chi connectivity index (χ4v) is 1.12. The topological polar surface area (TPSA) is 18.5 Å². The molecule has 0 radical (unpaired) electrons. The van der Waals surface area contributed by atoms with E-state index in [1.165, 1.54) is 0 Å². The van der Waals surface area contributed by atoms with Gasteiger partial charge in [-0.05, 0) is 5.56 Å². The summed E-state index contributed by atoms with van der Waals surface area (Å²) in [6, 6.07) is 10.1. The molecule has 0 saturated heterocycles. The minimum atomic E-state index is 0.0520. The van der Waals surface area contributed by atoms with Crippen LogP contribution < -0.4 is 0 Å². The third kappa shape index (κ3) is 4.40. The van der Waals surface area contributed by atoms with Crippen molar-refractivity contribution in [3.05, 3.63) is 35.9 Å². The van der Waals surface area contributed by atoms with Gasteiger partial charge in [0.05, 0.1) is 6.61 Å². The van der Waals surface area contributed by atoms with E-state index in [0.29, 0.717) is 6.61 Å². The molecule has 1 rings (SSSR count). The maximum Gasteiger partial charge on any atom is 0.105 e. The molecule has 80 valence electrons. The van der Waals surface area contributed by atoms with Crippen molar-refractivity contribution in [2.45, 2.75) is 20.0 Å². The van der Waals surface area contributed by atoms with Gasteiger partial charge in [-0.2, -0.15) is 0 Å². The number of hydrogen-bond acceptors (Lipinski definition) is 2. The van der Waals surface area contributed by atoms with Crippen molar-refractivity contribution in [1.82, 2.24) is 0 Å². The van der Waals surface area contributed by atoms with Gasteiger partial charge in [0.2, 0.25) is 0 Å². The fourth-order valence-electron chi connectivity index (χ4n) is 1.12. The van der Waals surface area contributed by atoms with Crippen LogP contribution in [0.5, 0.6) is 0 Å². The summed E-state index contributed by atoms with van der Waals surface area (Å²) in [7, 11) is 3.37. The Morgan fingerprint density at radius 1 is 1.07 bits per heavy atom. The summed E-state index contributed by atoms with van der Waals surface area (Å²) < 4.78 is 10.3. The van der Waals surface area contributed by atoms with Gasteiger partial charge in [0.15, 0.2) is 0 Å². The lowest BCUT2D eigenvalue weighted by Gasteiger charge is -2.13. The van der Waals surface area contributed by atoms with Gasteiger partial charge in [-0.3, -0.25) is 0 Å². The third-order valence-corrected chi connectivity index (χ3v) is 1.77. The highest BCUT2D eigenvalue weighted by molar-refractivity contribution is 5.17. The highest BCUT2D eigenvalue weighted by atomic mass is 16.5. The summed E-state index contributed by atoms with van der Waals surface area (Å²) >= 11 is 0. The second-order valence-electron chi connectivity index (χ2n) is 2.59. The van der Waals surface area contributed by atoms with Crippen LogP contribution in [0.15, 0.2) is 30.3 Å². The van der Waals surface area contributed by atoms with E-state index in [2.05, 4.69) is 0 Å². The van der Waals surface area contributed by atoms with E-state index in [1.54, 1.807) is 14.2 Å². The summed E-state index contributed by atoms with van der Waals surface area (Å²) in [5, 5.41) is 0. The van der Waals surface area contributed by atoms with E-state index >= 15 is 0 Å². The molecule has 0 fully saturated rings. The van der Waals surface area contributed by atoms with Gasteiger partial charge < -0.3 is 9.47 Å². The molecule has 0 aliphatic carbocycles. The molecular formula is C12H20O2. The molecule has 0 saturated carbocycles. The Kier molecular flexibility index (Phi) is 8.19. The van der Waals surface area contributed by atoms with E-state index < -0.39 is 0 Å². The zero-order chi connectivity index (χ0) is 10.8. The second kappa shape index (κ2) is 8.73. The van der Waals surface area contributed by atoms with E-state index in [-0.39, 0.29) is 6.10 Å². The molecule has 0 aliphatic rings. The lowest BCUT2D eigenvalue weighted by molar-refractivity contribution is 0.0275. The van der Waals surface area contributed by atoms with E-state index in [0.717, 1.165) is 5.56 Å². The van der Waals surface area contributed by atoms with Crippen LogP contribution in [-0.2, 0) is 9.47 Å². The van der Waals surface area contributed by atoms with Crippen LogP contribution in [0, 0.1) is 0 Å². The van der Waals surface area contributed by atoms with Crippen LogP contribution >= 0.6 is 0 Å². The number of hydrogen-bond donors (Lipinski definition) is 0. The molecule has 0 bridgehead atoms. The van der Waals surface area contributed by atoms with E-state index in [1.807, 2.05) is 44.2 Å². The van der Waals surface area contributed by atoms with Gasteiger partial charge in [0.1, 0.15) is 6.10 Å². The molecule has 1 unspecified atom stereocenters. The molecule has 1 aromatic carbocycles. The van der Waals surface area contributed by atoms with Crippen molar-refractivity contribution < 1.29 is 9.47 Å². The monoisotopic (exact) mass is 196 g/mol. The van der Waals surface area contributed by atoms with Crippen molar-refractivity contribution in [3.8, 4) is 0 Å². The van der Waals surface area contributed by atoms with Crippen molar-refractivity contribution in [2.24, 2.45) is 0 Å². The molecule has 0 spiro atoms. The Morgan fingerprint density at radius 3 is 2.07 bits per heavy atom. The highest BCUT2D eigenvalue weighted by Gasteiger charge is 2.07. The molecule has 0 amide bonds. The molecule has 2 heteroatoms. The van der Waals surface area contributed by atoms with Gasteiger partial charge in [-0.1, -0.05) is 44.2 Å². The first kappa shape index (κ1) is 13.1. The maximum atomic E-state index is 5.25. The quantitative estimate of drug-likeness (QED) is 0.737. The molecule has 1 atom stereocenters. The Hall–Kier alpha value is -0.860. The largest absolute Gasteiger partial charge is 0.382 e. The standard InChI is InChI=1S/C10H14O2.C2H6/c1-11-8-10(12-2)9-6-4-3-5-7-9;1-2/h3-7,10H,8H2,1-2H3;1-2H3. The summed E-state index contributed by atoms with van der Waals surface area (Å²) in [5.41, 5.74) is 1.15. The summed E-state index contributed by atoms with van der Waals surface area (Å²) in [6.07, 6.45) is 0.0520. The predicted octanol–water partition coefficient (Wildman–Crippen LogP) is 3.05. The molecule has 1 aromatic rings. The van der Waals surface area contributed by atoms with Crippen molar-refractivity contribution in [3.63, 3.8) is 0 Å². The van der Waals surface area contributed by atoms with Crippen LogP contribution in [-0.4, -0.2) is 20.8 Å². The number of rotatable bonds is 4. The first-order valence-corrected chi connectivity index (χ1v) is 4.95. The van der Waals surface area contributed by atoms with Crippen molar-refractivity contribution >= 4 is 0 Å². The SMILES string of the molecule is CC.COCC(OC)c1ccccc1. The van der Waals surface area contributed by atoms with E-state index in [4.69, 9.17) is 9.47 Å². The molecule has 0 aliphatic heterocycles. The smallest absolute Gasteiger partial charge is 0.105 e. The zero-order valence-electron chi connectivity index (χ0n) is 9.49. The lowest BCUT2D eigenvalue weighted by Crippen LogP contribution is -2.07. The minimum Gasteiger partial charge on any atom is -0.382 e. The molecule has 0 N–H and O–H groups in total. The van der Waals surface area contributed by atoms with Crippen molar-refractivity contribution in [2.75, 3.05) is 20.8 Å². The third-order valence-electron chi connectivity index (χ3n) is 1.77. The Morgan fingerprint density at radius 2 is 1.64 bits per heavy atom. The van der Waals surface area contributed by atoms with Gasteiger partial charge in [-0.25, -0.2) is 0 Å². The summed E-state index contributed by atoms with van der Waals surface area (Å²) in [6.45, 7) is 4.60. The Bertz CT molecular complexity index is 209. The number of ether oxygens (including phenoxy) is 2. The molecule has 14 heavy (non-hydrogen) atoms. The average molecular weight is 196 g/mol. The maximum absolute atomic E-state index is 5.25. The van der Waals surface area contributed by atoms with Crippen molar-refractivity contribution in [1.29, 1.82) is 0 Å². The Balaban J connectivity index is 0.000000791. The molecular weight excluding hydrogens is 176 g/mol. The molecule has 2 nitrogen and oxygen atoms in total. The predicted molar refractivity (Wildman–Crippen MR) is 59.4 cm³/mol. The van der Waals surface area contributed by atoms with Gasteiger partial charge in [-0.15, -0.1) is 0 Å². The summed E-state index contributed by atoms with van der Waals surface area (Å²) in [4.78, 5) is 0. The van der Waals surface area contributed by atoms with Crippen LogP contribution in [0.2, 0.25) is 0 Å². The van der Waals surface area contributed by atoms with Gasteiger partial charge in [0.25, 0.3) is 0 Å². The van der Waals surface area contributed by atoms with E-state index in [9.17, 15) is 0 Å². The second-order valence-corrected chi connectivity index (χ2v) is 2.59. The van der Waals surface area contributed by atoms with Crippen LogP contribution in [0.1, 0.15) is 25.5 Å². The van der Waals surface area contributed by atoms with Gasteiger partial charge in [0, 0.05) is 14.2 Å². The number of benzene rings is 1. The molecule has 0 heterocycles. The zero-order valence-corrected chi connectivity index (χ0v) is 9.49. The van der Waals surface area contributed by atoms with Crippen LogP contribution in [0.3, 0.4) is 0 Å². The lowest BCUT2D eigenvalue weighted by atomic mass is 10.1. The first-order chi connectivity index (χ1) is 6.88. The minimum absolute atomic E-state index is 0.0520. The fraction of sp³-hybridized carbons (Fsp3) is 0.500. The van der Waals surface area contributed by atoms with Gasteiger partial charge >= 0.3 is 0 Å². The van der Waals surface area contributed by atoms with Crippen LogP contribution in [0.4, 0.5) is 0 Å². The molecule has 0 aromatic heterocycles. The normalized spacial score (nSPS) is 11.4. The highest BCUT2D eigenvalue weighted by Crippen LogP contribution is 2.15. The number of methoxy groups -OCH3 is 2. The average Bonchev–Trinajstić information content (AvgIpc) is 2.30. The summed E-state index contributed by atoms with van der Waals surface area (Å²) in [5.74, 6) is 0.